The summed E-state index contributed by atoms with van der Waals surface area (Å²) in [5.41, 5.74) is 0. The summed E-state index contributed by atoms with van der Waals surface area (Å²) in [5.74, 6) is -0.251. The molecule has 1 amide bonds. The first-order chi connectivity index (χ1) is 5.22. The van der Waals surface area contributed by atoms with Crippen LogP contribution in [-0.4, -0.2) is 23.6 Å². The lowest BCUT2D eigenvalue weighted by molar-refractivity contribution is -0.119. The first-order valence-electron chi connectivity index (χ1n) is 3.28. The summed E-state index contributed by atoms with van der Waals surface area (Å²) in [7, 11) is 0. The van der Waals surface area contributed by atoms with Crippen molar-refractivity contribution >= 4 is 23.3 Å². The highest BCUT2D eigenvalue weighted by Gasteiger charge is 2.16. The molecule has 0 aromatic carbocycles. The second-order valence-electron chi connectivity index (χ2n) is 2.34. The molecular weight excluding hydrogens is 166 g/mol. The van der Waals surface area contributed by atoms with Gasteiger partial charge in [0.15, 0.2) is 5.78 Å². The van der Waals surface area contributed by atoms with E-state index in [1.165, 1.54) is 6.08 Å². The molecule has 0 radical (unpaired) electrons. The van der Waals surface area contributed by atoms with Crippen LogP contribution in [0.2, 0.25) is 0 Å². The fourth-order valence-electron chi connectivity index (χ4n) is 0.921. The highest BCUT2D eigenvalue weighted by Crippen LogP contribution is 2.04. The normalized spacial score (nSPS) is 22.3. The van der Waals surface area contributed by atoms with Crippen molar-refractivity contribution in [3.05, 3.63) is 12.2 Å². The Bertz CT molecular complexity index is 212. The molecule has 1 aliphatic rings. The van der Waals surface area contributed by atoms with Gasteiger partial charge in [0.25, 0.3) is 0 Å². The first-order valence-corrected chi connectivity index (χ1v) is 3.82. The number of allylic oxidation sites excluding steroid dienone is 1. The maximum Gasteiger partial charge on any atom is 0.235 e. The summed E-state index contributed by atoms with van der Waals surface area (Å²) in [4.78, 5) is 21.3. The molecule has 4 heteroatoms. The predicted molar refractivity (Wildman–Crippen MR) is 41.4 cm³/mol. The molecule has 1 atom stereocenters. The third-order valence-electron chi connectivity index (χ3n) is 1.40. The molecule has 60 valence electrons. The van der Waals surface area contributed by atoms with Crippen LogP contribution in [0.3, 0.4) is 0 Å². The average Bonchev–Trinajstić information content (AvgIpc) is 2.35. The Morgan fingerprint density at radius 2 is 2.55 bits per heavy atom. The Hall–Kier alpha value is -0.830. The first kappa shape index (κ1) is 8.27. The van der Waals surface area contributed by atoms with Gasteiger partial charge in [0.2, 0.25) is 5.91 Å². The molecule has 0 aliphatic heterocycles. The molecule has 1 unspecified atom stereocenters. The van der Waals surface area contributed by atoms with E-state index in [4.69, 9.17) is 11.6 Å². The molecule has 0 saturated heterocycles. The van der Waals surface area contributed by atoms with E-state index in [0.29, 0.717) is 6.42 Å². The van der Waals surface area contributed by atoms with E-state index in [0.717, 1.165) is 0 Å². The number of carbonyl (C=O) groups excluding carboxylic acids is 2. The smallest absolute Gasteiger partial charge is 0.235 e. The standard InChI is InChI=1S/C7H8ClNO2/c8-4-7(11)9-5-1-2-6(10)3-5/h1-2,5H,3-4H2,(H,9,11). The van der Waals surface area contributed by atoms with Crippen molar-refractivity contribution in [3.8, 4) is 0 Å². The molecule has 0 saturated carbocycles. The van der Waals surface area contributed by atoms with Crippen molar-refractivity contribution in [2.24, 2.45) is 0 Å². The van der Waals surface area contributed by atoms with E-state index in [-0.39, 0.29) is 23.6 Å². The number of rotatable bonds is 2. The largest absolute Gasteiger partial charge is 0.348 e. The molecule has 1 N–H and O–H groups in total. The number of carbonyl (C=O) groups is 2. The number of hydrogen-bond acceptors (Lipinski definition) is 2. The van der Waals surface area contributed by atoms with Crippen molar-refractivity contribution < 1.29 is 9.59 Å². The van der Waals surface area contributed by atoms with Crippen molar-refractivity contribution in [1.29, 1.82) is 0 Å². The summed E-state index contributed by atoms with van der Waals surface area (Å²) in [6.45, 7) is 0. The zero-order valence-electron chi connectivity index (χ0n) is 5.84. The summed E-state index contributed by atoms with van der Waals surface area (Å²) in [5, 5.41) is 2.58. The van der Waals surface area contributed by atoms with Crippen LogP contribution in [0, 0.1) is 0 Å². The van der Waals surface area contributed by atoms with Gasteiger partial charge in [-0.25, -0.2) is 0 Å². The fourth-order valence-corrected chi connectivity index (χ4v) is 0.998. The maximum absolute atomic E-state index is 10.7. The second kappa shape index (κ2) is 3.53. The van der Waals surface area contributed by atoms with Gasteiger partial charge in [0.05, 0.1) is 6.04 Å². The van der Waals surface area contributed by atoms with E-state index in [1.54, 1.807) is 6.08 Å². The third kappa shape index (κ3) is 2.35. The zero-order chi connectivity index (χ0) is 8.27. The van der Waals surface area contributed by atoms with E-state index < -0.39 is 0 Å². The minimum atomic E-state index is -0.240. The summed E-state index contributed by atoms with van der Waals surface area (Å²) in [6, 6.07) is -0.145. The average molecular weight is 174 g/mol. The highest BCUT2D eigenvalue weighted by molar-refractivity contribution is 6.27. The van der Waals surface area contributed by atoms with Gasteiger partial charge in [0, 0.05) is 6.42 Å². The van der Waals surface area contributed by atoms with Crippen LogP contribution >= 0.6 is 11.6 Å². The van der Waals surface area contributed by atoms with E-state index in [1.807, 2.05) is 0 Å². The van der Waals surface area contributed by atoms with Crippen LogP contribution in [0.1, 0.15) is 6.42 Å². The lowest BCUT2D eigenvalue weighted by atomic mass is 10.2. The number of alkyl halides is 1. The maximum atomic E-state index is 10.7. The molecule has 0 aromatic heterocycles. The number of amides is 1. The molecule has 0 bridgehead atoms. The molecule has 11 heavy (non-hydrogen) atoms. The van der Waals surface area contributed by atoms with Gasteiger partial charge < -0.3 is 5.32 Å². The molecule has 1 aliphatic carbocycles. The van der Waals surface area contributed by atoms with Gasteiger partial charge in [-0.3, -0.25) is 9.59 Å². The summed E-state index contributed by atoms with van der Waals surface area (Å²) >= 11 is 5.25. The van der Waals surface area contributed by atoms with Gasteiger partial charge in [-0.15, -0.1) is 11.6 Å². The van der Waals surface area contributed by atoms with Crippen LogP contribution in [-0.2, 0) is 9.59 Å². The zero-order valence-corrected chi connectivity index (χ0v) is 6.60. The third-order valence-corrected chi connectivity index (χ3v) is 1.65. The van der Waals surface area contributed by atoms with E-state index >= 15 is 0 Å². The van der Waals surface area contributed by atoms with Gasteiger partial charge in [-0.2, -0.15) is 0 Å². The summed E-state index contributed by atoms with van der Waals surface area (Å²) < 4.78 is 0. The van der Waals surface area contributed by atoms with Crippen LogP contribution < -0.4 is 5.32 Å². The van der Waals surface area contributed by atoms with Crippen molar-refractivity contribution in [3.63, 3.8) is 0 Å². The number of halogens is 1. The topological polar surface area (TPSA) is 46.2 Å². The number of hydrogen-bond donors (Lipinski definition) is 1. The summed E-state index contributed by atoms with van der Waals surface area (Å²) in [6.07, 6.45) is 3.51. The predicted octanol–water partition coefficient (Wildman–Crippen LogP) is 0.239. The van der Waals surface area contributed by atoms with E-state index in [9.17, 15) is 9.59 Å². The quantitative estimate of drug-likeness (QED) is 0.608. The van der Waals surface area contributed by atoms with Gasteiger partial charge in [-0.1, -0.05) is 6.08 Å². The van der Waals surface area contributed by atoms with Crippen molar-refractivity contribution in [1.82, 2.24) is 5.32 Å². The highest BCUT2D eigenvalue weighted by atomic mass is 35.5. The molecule has 0 spiro atoms. The Balaban J connectivity index is 2.35. The molecular formula is C7H8ClNO2. The molecule has 0 heterocycles. The van der Waals surface area contributed by atoms with Crippen LogP contribution in [0.5, 0.6) is 0 Å². The Morgan fingerprint density at radius 1 is 1.82 bits per heavy atom. The number of nitrogens with one attached hydrogen (secondary N) is 1. The molecule has 3 nitrogen and oxygen atoms in total. The minimum Gasteiger partial charge on any atom is -0.348 e. The van der Waals surface area contributed by atoms with Gasteiger partial charge in [-0.05, 0) is 6.08 Å². The fraction of sp³-hybridized carbons (Fsp3) is 0.429. The second-order valence-corrected chi connectivity index (χ2v) is 2.60. The van der Waals surface area contributed by atoms with Crippen molar-refractivity contribution in [2.75, 3.05) is 5.88 Å². The number of ketones is 1. The van der Waals surface area contributed by atoms with Gasteiger partial charge >= 0.3 is 0 Å². The Labute approximate surface area is 69.4 Å². The molecule has 0 aromatic rings. The molecule has 0 fully saturated rings. The van der Waals surface area contributed by atoms with Crippen molar-refractivity contribution in [2.45, 2.75) is 12.5 Å². The SMILES string of the molecule is O=C1C=CC(NC(=O)CCl)C1. The lowest BCUT2D eigenvalue weighted by Crippen LogP contribution is -2.33. The minimum absolute atomic E-state index is 0.0462. The Kier molecular flexibility index (Phi) is 2.65. The molecule has 1 rings (SSSR count). The monoisotopic (exact) mass is 173 g/mol. The van der Waals surface area contributed by atoms with Crippen LogP contribution in [0.4, 0.5) is 0 Å². The Morgan fingerprint density at radius 3 is 3.00 bits per heavy atom. The van der Waals surface area contributed by atoms with Gasteiger partial charge in [0.1, 0.15) is 5.88 Å². The lowest BCUT2D eigenvalue weighted by Gasteiger charge is -2.06. The van der Waals surface area contributed by atoms with E-state index in [2.05, 4.69) is 5.32 Å². The van der Waals surface area contributed by atoms with Crippen LogP contribution in [0.25, 0.3) is 0 Å². The van der Waals surface area contributed by atoms with Crippen LogP contribution in [0.15, 0.2) is 12.2 Å².